The Morgan fingerprint density at radius 1 is 0.974 bits per heavy atom. The van der Waals surface area contributed by atoms with Crippen LogP contribution in [-0.2, 0) is 42.8 Å². The van der Waals surface area contributed by atoms with Gasteiger partial charge in [0.15, 0.2) is 12.3 Å². The molecule has 6 rings (SSSR count). The molecule has 0 aromatic carbocycles. The first-order valence-corrected chi connectivity index (χ1v) is 13.9. The summed E-state index contributed by atoms with van der Waals surface area (Å²) < 4.78 is 37.1. The van der Waals surface area contributed by atoms with Crippen molar-refractivity contribution in [1.29, 1.82) is 0 Å². The molecule has 5 saturated carbocycles. The van der Waals surface area contributed by atoms with E-state index in [0.29, 0.717) is 25.7 Å². The normalized spacial score (nSPS) is 50.2. The van der Waals surface area contributed by atoms with Crippen molar-refractivity contribution in [1.82, 2.24) is 0 Å². The molecule has 0 aromatic heterocycles. The largest absolute Gasteiger partial charge is 0.624 e. The molecule has 5 bridgehead atoms. The van der Waals surface area contributed by atoms with Gasteiger partial charge in [0.25, 0.3) is 0 Å². The molecule has 39 heavy (non-hydrogen) atoms. The molecule has 11 heteroatoms. The Morgan fingerprint density at radius 2 is 1.69 bits per heavy atom. The number of rotatable bonds is 7. The van der Waals surface area contributed by atoms with Crippen molar-refractivity contribution in [3.63, 3.8) is 0 Å². The molecule has 1 heterocycles. The van der Waals surface area contributed by atoms with Crippen molar-refractivity contribution < 1.29 is 47.5 Å². The fourth-order valence-corrected chi connectivity index (χ4v) is 10.9. The van der Waals surface area contributed by atoms with Gasteiger partial charge in [-0.25, -0.2) is 4.74 Å². The number of methoxy groups -OCH3 is 3. The summed E-state index contributed by atoms with van der Waals surface area (Å²) in [7, 11) is 4.80. The van der Waals surface area contributed by atoms with Gasteiger partial charge < -0.3 is 33.6 Å². The van der Waals surface area contributed by atoms with Crippen LogP contribution >= 0.6 is 0 Å². The predicted octanol–water partition coefficient (Wildman–Crippen LogP) is 1.47. The molecular weight excluding hydrogens is 510 g/mol. The van der Waals surface area contributed by atoms with E-state index in [1.807, 2.05) is 0 Å². The third-order valence-electron chi connectivity index (χ3n) is 11.3. The Labute approximate surface area is 228 Å². The topological polar surface area (TPSA) is 133 Å². The molecule has 216 valence electrons. The maximum absolute atomic E-state index is 14.2. The van der Waals surface area contributed by atoms with Gasteiger partial charge in [-0.2, -0.15) is 0 Å². The van der Waals surface area contributed by atoms with Gasteiger partial charge >= 0.3 is 17.9 Å². The zero-order valence-corrected chi connectivity index (χ0v) is 23.4. The van der Waals surface area contributed by atoms with Crippen molar-refractivity contribution >= 4 is 24.1 Å². The van der Waals surface area contributed by atoms with Gasteiger partial charge in [-0.05, 0) is 25.2 Å². The van der Waals surface area contributed by atoms with E-state index in [0.717, 1.165) is 4.74 Å². The highest BCUT2D eigenvalue weighted by Gasteiger charge is 2.89. The lowest BCUT2D eigenvalue weighted by Crippen LogP contribution is -2.79. The summed E-state index contributed by atoms with van der Waals surface area (Å²) in [4.78, 5) is 37.1. The number of esters is 3. The lowest BCUT2D eigenvalue weighted by Gasteiger charge is -2.71. The molecule has 5 aliphatic carbocycles. The molecule has 1 aliphatic heterocycles. The SMILES string of the molecule is COC[C@]12C=[N+]([O-])[C@@H]3[C@@H]4[C@H](OC)[C@H]1[C@@]3(CCC2OC(C)=O)[C@@H]1CC2[C@@H](OC(C)=O)[C@H](OC)C[C@@]4(OC(C)=O)[C@@H]21. The van der Waals surface area contributed by atoms with Gasteiger partial charge in [-0.3, -0.25) is 14.4 Å². The van der Waals surface area contributed by atoms with Crippen LogP contribution in [0, 0.1) is 45.6 Å². The smallest absolute Gasteiger partial charge is 0.303 e. The molecule has 0 amide bonds. The molecule has 2 unspecified atom stereocenters. The zero-order chi connectivity index (χ0) is 28.1. The first-order chi connectivity index (χ1) is 18.5. The zero-order valence-electron chi connectivity index (χ0n) is 23.4. The fraction of sp³-hybridized carbons (Fsp3) is 0.857. The summed E-state index contributed by atoms with van der Waals surface area (Å²) in [6.07, 6.45) is 1.93. The number of hydroxylamine groups is 1. The summed E-state index contributed by atoms with van der Waals surface area (Å²) in [6.45, 7) is 4.36. The minimum atomic E-state index is -1.04. The van der Waals surface area contributed by atoms with E-state index in [-0.39, 0.29) is 36.2 Å². The molecule has 1 spiro atoms. The highest BCUT2D eigenvalue weighted by molar-refractivity contribution is 5.71. The molecule has 0 aromatic rings. The number of ether oxygens (including phenoxy) is 6. The Bertz CT molecular complexity index is 1110. The summed E-state index contributed by atoms with van der Waals surface area (Å²) in [6, 6.07) is -0.486. The van der Waals surface area contributed by atoms with Crippen LogP contribution in [0.5, 0.6) is 0 Å². The third kappa shape index (κ3) is 3.21. The van der Waals surface area contributed by atoms with Crippen LogP contribution in [0.1, 0.15) is 46.5 Å². The van der Waals surface area contributed by atoms with E-state index in [4.69, 9.17) is 28.4 Å². The van der Waals surface area contributed by atoms with Gasteiger partial charge in [0.1, 0.15) is 23.2 Å². The summed E-state index contributed by atoms with van der Waals surface area (Å²) >= 11 is 0. The molecule has 0 saturated heterocycles. The molecule has 13 atom stereocenters. The van der Waals surface area contributed by atoms with Crippen molar-refractivity contribution in [3.05, 3.63) is 5.21 Å². The van der Waals surface area contributed by atoms with Crippen LogP contribution in [-0.4, -0.2) is 92.9 Å². The number of carbonyl (C=O) groups is 3. The van der Waals surface area contributed by atoms with Gasteiger partial charge in [-0.1, -0.05) is 0 Å². The molecular formula is C28H39NO10. The van der Waals surface area contributed by atoms with Crippen LogP contribution in [0.25, 0.3) is 0 Å². The first kappa shape index (κ1) is 27.0. The average molecular weight is 550 g/mol. The monoisotopic (exact) mass is 549 g/mol. The van der Waals surface area contributed by atoms with Gasteiger partial charge in [-0.15, -0.1) is 0 Å². The molecule has 0 N–H and O–H groups in total. The van der Waals surface area contributed by atoms with Gasteiger partial charge in [0, 0.05) is 71.7 Å². The van der Waals surface area contributed by atoms with E-state index in [9.17, 15) is 19.6 Å². The van der Waals surface area contributed by atoms with Crippen molar-refractivity contribution in [2.24, 2.45) is 40.4 Å². The predicted molar refractivity (Wildman–Crippen MR) is 133 cm³/mol. The minimum absolute atomic E-state index is 0.0174. The van der Waals surface area contributed by atoms with Crippen LogP contribution < -0.4 is 0 Å². The molecule has 5 fully saturated rings. The summed E-state index contributed by atoms with van der Waals surface area (Å²) in [5.74, 6) is -2.07. The summed E-state index contributed by atoms with van der Waals surface area (Å²) in [5, 5.41) is 14.2. The summed E-state index contributed by atoms with van der Waals surface area (Å²) in [5.41, 5.74) is -2.41. The third-order valence-corrected chi connectivity index (χ3v) is 11.3. The Kier molecular flexibility index (Phi) is 6.14. The molecule has 11 nitrogen and oxygen atoms in total. The van der Waals surface area contributed by atoms with Crippen molar-refractivity contribution in [3.8, 4) is 0 Å². The maximum Gasteiger partial charge on any atom is 0.303 e. The molecule has 6 aliphatic rings. The lowest BCUT2D eigenvalue weighted by molar-refractivity contribution is -0.563. The van der Waals surface area contributed by atoms with Crippen LogP contribution in [0.2, 0.25) is 0 Å². The number of hydrogen-bond acceptors (Lipinski definition) is 10. The van der Waals surface area contributed by atoms with Gasteiger partial charge in [0.05, 0.1) is 24.7 Å². The Hall–Kier alpha value is -2.24. The number of hydrogen-bond donors (Lipinski definition) is 0. The number of fused-ring (bicyclic) bond motifs is 1. The standard InChI is InChI=1S/C28H39NO10/c1-13(30)37-19-7-8-27-17-9-16-20(17)28(39-15(3)32,10-18(35-5)22(16)38-14(2)31)21-23(36-6)24(27)26(19,12-34-4)11-29(33)25(21)27/h11,16-25H,7-10,12H2,1-6H3/t16?,17-,18-,19?,20+,21+,22-,23+,24-,25-,26+,27-,28-/m1/s1. The van der Waals surface area contributed by atoms with Crippen LogP contribution in [0.3, 0.4) is 0 Å². The van der Waals surface area contributed by atoms with Crippen LogP contribution in [0.4, 0.5) is 0 Å². The van der Waals surface area contributed by atoms with E-state index in [1.54, 1.807) is 27.5 Å². The molecule has 0 radical (unpaired) electrons. The van der Waals surface area contributed by atoms with Crippen LogP contribution in [0.15, 0.2) is 0 Å². The van der Waals surface area contributed by atoms with Crippen molar-refractivity contribution in [2.75, 3.05) is 27.9 Å². The van der Waals surface area contributed by atoms with E-state index in [1.165, 1.54) is 20.8 Å². The second kappa shape index (κ2) is 8.88. The van der Waals surface area contributed by atoms with E-state index in [2.05, 4.69) is 0 Å². The van der Waals surface area contributed by atoms with E-state index < -0.39 is 64.7 Å². The number of carbonyl (C=O) groups excluding carboxylic acids is 3. The Balaban J connectivity index is 1.57. The lowest BCUT2D eigenvalue weighted by atomic mass is 9.35. The highest BCUT2D eigenvalue weighted by Crippen LogP contribution is 2.80. The minimum Gasteiger partial charge on any atom is -0.624 e. The fourth-order valence-electron chi connectivity index (χ4n) is 10.9. The van der Waals surface area contributed by atoms with Crippen molar-refractivity contribution in [2.45, 2.75) is 82.5 Å². The average Bonchev–Trinajstić information content (AvgIpc) is 3.03. The highest BCUT2D eigenvalue weighted by atomic mass is 16.6. The Morgan fingerprint density at radius 3 is 2.28 bits per heavy atom. The second-order valence-electron chi connectivity index (χ2n) is 12.6. The van der Waals surface area contributed by atoms with E-state index >= 15 is 0 Å². The van der Waals surface area contributed by atoms with Gasteiger partial charge in [0.2, 0.25) is 0 Å². The second-order valence-corrected chi connectivity index (χ2v) is 12.6. The first-order valence-electron chi connectivity index (χ1n) is 13.9. The quantitative estimate of drug-likeness (QED) is 0.199. The maximum atomic E-state index is 14.2. The number of nitrogens with zero attached hydrogens (tertiary/aromatic N) is 1.